The van der Waals surface area contributed by atoms with E-state index in [9.17, 15) is 0 Å². The molecule has 0 amide bonds. The third kappa shape index (κ3) is 2.51. The van der Waals surface area contributed by atoms with E-state index in [0.717, 1.165) is 11.1 Å². The molecule has 3 aromatic rings. The molecule has 2 heterocycles. The van der Waals surface area contributed by atoms with Gasteiger partial charge in [-0.2, -0.15) is 5.21 Å². The Balaban J connectivity index is 1.77. The van der Waals surface area contributed by atoms with Gasteiger partial charge in [-0.3, -0.25) is 5.32 Å². The molecule has 0 spiro atoms. The van der Waals surface area contributed by atoms with Gasteiger partial charge in [0.2, 0.25) is 5.95 Å². The number of aromatic amines is 1. The summed E-state index contributed by atoms with van der Waals surface area (Å²) in [4.78, 5) is 0. The first-order valence-corrected chi connectivity index (χ1v) is 5.83. The summed E-state index contributed by atoms with van der Waals surface area (Å²) in [5.41, 5.74) is 2.13. The molecule has 9 heteroatoms. The molecule has 0 saturated heterocycles. The zero-order valence-electron chi connectivity index (χ0n) is 10.4. The smallest absolute Gasteiger partial charge is 0.269 e. The SMILES string of the molecule is C=Cc1ccc(Cn2nnnc2Nc2nn[nH]n2)cc1. The zero-order valence-corrected chi connectivity index (χ0v) is 10.4. The van der Waals surface area contributed by atoms with Gasteiger partial charge in [0.1, 0.15) is 0 Å². The lowest BCUT2D eigenvalue weighted by molar-refractivity contribution is 0.653. The minimum Gasteiger partial charge on any atom is -0.289 e. The number of hydrogen-bond acceptors (Lipinski definition) is 7. The predicted molar refractivity (Wildman–Crippen MR) is 70.9 cm³/mol. The van der Waals surface area contributed by atoms with Crippen molar-refractivity contribution in [3.8, 4) is 0 Å². The number of tetrazole rings is 2. The van der Waals surface area contributed by atoms with Crippen molar-refractivity contribution in [2.75, 3.05) is 5.32 Å². The molecule has 0 aliphatic rings. The molecule has 1 aromatic carbocycles. The second-order valence-corrected chi connectivity index (χ2v) is 3.97. The van der Waals surface area contributed by atoms with Crippen molar-refractivity contribution >= 4 is 18.0 Å². The Morgan fingerprint density at radius 2 is 2.10 bits per heavy atom. The summed E-state index contributed by atoms with van der Waals surface area (Å²) in [6, 6.07) is 7.96. The van der Waals surface area contributed by atoms with Gasteiger partial charge < -0.3 is 0 Å². The summed E-state index contributed by atoms with van der Waals surface area (Å²) in [5, 5.41) is 27.7. The van der Waals surface area contributed by atoms with Crippen molar-refractivity contribution in [3.63, 3.8) is 0 Å². The predicted octanol–water partition coefficient (Wildman–Crippen LogP) is 0.621. The molecule has 2 aromatic heterocycles. The lowest BCUT2D eigenvalue weighted by Crippen LogP contribution is -2.07. The molecule has 20 heavy (non-hydrogen) atoms. The normalized spacial score (nSPS) is 10.4. The first-order valence-electron chi connectivity index (χ1n) is 5.83. The van der Waals surface area contributed by atoms with Crippen LogP contribution in [0.4, 0.5) is 11.9 Å². The molecule has 2 N–H and O–H groups in total. The first kappa shape index (κ1) is 12.0. The van der Waals surface area contributed by atoms with Crippen molar-refractivity contribution in [2.24, 2.45) is 0 Å². The largest absolute Gasteiger partial charge is 0.289 e. The quantitative estimate of drug-likeness (QED) is 0.698. The maximum absolute atomic E-state index is 3.92. The maximum Gasteiger partial charge on any atom is 0.269 e. The van der Waals surface area contributed by atoms with E-state index in [1.807, 2.05) is 24.3 Å². The average Bonchev–Trinajstić information content (AvgIpc) is 3.13. The van der Waals surface area contributed by atoms with E-state index in [2.05, 4.69) is 48.0 Å². The van der Waals surface area contributed by atoms with E-state index < -0.39 is 0 Å². The highest BCUT2D eigenvalue weighted by Gasteiger charge is 2.08. The van der Waals surface area contributed by atoms with Gasteiger partial charge in [0.25, 0.3) is 5.95 Å². The molecule has 0 aliphatic heterocycles. The van der Waals surface area contributed by atoms with Crippen LogP contribution < -0.4 is 5.32 Å². The van der Waals surface area contributed by atoms with Crippen LogP contribution in [0.15, 0.2) is 30.8 Å². The van der Waals surface area contributed by atoms with Crippen molar-refractivity contribution in [1.29, 1.82) is 0 Å². The Morgan fingerprint density at radius 1 is 1.25 bits per heavy atom. The number of nitrogens with zero attached hydrogens (tertiary/aromatic N) is 7. The molecular formula is C11H11N9. The average molecular weight is 269 g/mol. The minimum atomic E-state index is 0.308. The first-order chi connectivity index (χ1) is 9.85. The standard InChI is InChI=1S/C11H11N9/c1-2-8-3-5-9(6-4-8)7-20-11(15-18-19-20)12-10-13-16-17-14-10/h2-6H,1,7H2,(H2,12,13,14,15,16,17,19). The van der Waals surface area contributed by atoms with Crippen LogP contribution in [0.2, 0.25) is 0 Å². The molecule has 0 fully saturated rings. The molecule has 0 unspecified atom stereocenters. The van der Waals surface area contributed by atoms with Gasteiger partial charge in [-0.25, -0.2) is 4.68 Å². The fraction of sp³-hybridized carbons (Fsp3) is 0.0909. The summed E-state index contributed by atoms with van der Waals surface area (Å²) >= 11 is 0. The number of anilines is 2. The highest BCUT2D eigenvalue weighted by molar-refractivity contribution is 5.47. The van der Waals surface area contributed by atoms with Gasteiger partial charge in [0.15, 0.2) is 0 Å². The third-order valence-electron chi connectivity index (χ3n) is 2.65. The summed E-state index contributed by atoms with van der Waals surface area (Å²) in [6.07, 6.45) is 1.80. The van der Waals surface area contributed by atoms with E-state index in [0.29, 0.717) is 18.4 Å². The summed E-state index contributed by atoms with van der Waals surface area (Å²) < 4.78 is 1.61. The maximum atomic E-state index is 3.92. The van der Waals surface area contributed by atoms with Crippen LogP contribution in [0.25, 0.3) is 6.08 Å². The van der Waals surface area contributed by atoms with Crippen LogP contribution in [0.3, 0.4) is 0 Å². The van der Waals surface area contributed by atoms with Crippen LogP contribution in [-0.2, 0) is 6.54 Å². The number of rotatable bonds is 5. The summed E-state index contributed by atoms with van der Waals surface area (Å²) in [5.74, 6) is 0.752. The lowest BCUT2D eigenvalue weighted by Gasteiger charge is -2.04. The number of nitrogens with one attached hydrogen (secondary N) is 2. The van der Waals surface area contributed by atoms with Gasteiger partial charge in [-0.1, -0.05) is 47.1 Å². The monoisotopic (exact) mass is 269 g/mol. The van der Waals surface area contributed by atoms with Crippen LogP contribution in [0.5, 0.6) is 0 Å². The highest BCUT2D eigenvalue weighted by atomic mass is 15.6. The Kier molecular flexibility index (Phi) is 3.15. The van der Waals surface area contributed by atoms with E-state index in [4.69, 9.17) is 0 Å². The second-order valence-electron chi connectivity index (χ2n) is 3.97. The Morgan fingerprint density at radius 3 is 2.80 bits per heavy atom. The van der Waals surface area contributed by atoms with Gasteiger partial charge >= 0.3 is 0 Å². The van der Waals surface area contributed by atoms with Crippen LogP contribution in [-0.4, -0.2) is 40.8 Å². The topological polar surface area (TPSA) is 110 Å². The molecule has 100 valence electrons. The van der Waals surface area contributed by atoms with E-state index in [-0.39, 0.29) is 0 Å². The minimum absolute atomic E-state index is 0.308. The van der Waals surface area contributed by atoms with E-state index in [1.54, 1.807) is 10.8 Å². The summed E-state index contributed by atoms with van der Waals surface area (Å²) in [6.45, 7) is 4.25. The number of aromatic nitrogens is 8. The fourth-order valence-electron chi connectivity index (χ4n) is 1.65. The Labute approximate surface area is 113 Å². The van der Waals surface area contributed by atoms with Gasteiger partial charge in [-0.05, 0) is 26.8 Å². The third-order valence-corrected chi connectivity index (χ3v) is 2.65. The van der Waals surface area contributed by atoms with Crippen LogP contribution in [0.1, 0.15) is 11.1 Å². The second kappa shape index (κ2) is 5.26. The van der Waals surface area contributed by atoms with E-state index >= 15 is 0 Å². The molecule has 3 rings (SSSR count). The molecule has 9 nitrogen and oxygen atoms in total. The number of benzene rings is 1. The molecule has 0 aliphatic carbocycles. The number of hydrogen-bond donors (Lipinski definition) is 2. The Bertz CT molecular complexity index is 683. The summed E-state index contributed by atoms with van der Waals surface area (Å²) in [7, 11) is 0. The highest BCUT2D eigenvalue weighted by Crippen LogP contribution is 2.11. The zero-order chi connectivity index (χ0) is 13.8. The lowest BCUT2D eigenvalue weighted by atomic mass is 10.1. The van der Waals surface area contributed by atoms with Crippen molar-refractivity contribution in [1.82, 2.24) is 40.8 Å². The Hall–Kier alpha value is -3.10. The van der Waals surface area contributed by atoms with Gasteiger partial charge in [-0.15, -0.1) is 5.10 Å². The molecule has 0 saturated carbocycles. The van der Waals surface area contributed by atoms with Gasteiger partial charge in [0.05, 0.1) is 6.54 Å². The molecule has 0 atom stereocenters. The molecule has 0 bridgehead atoms. The molecule has 0 radical (unpaired) electrons. The van der Waals surface area contributed by atoms with E-state index in [1.165, 1.54) is 0 Å². The van der Waals surface area contributed by atoms with Gasteiger partial charge in [0, 0.05) is 0 Å². The van der Waals surface area contributed by atoms with Crippen LogP contribution >= 0.6 is 0 Å². The van der Waals surface area contributed by atoms with Crippen molar-refractivity contribution in [2.45, 2.75) is 6.54 Å². The molecular weight excluding hydrogens is 258 g/mol. The van der Waals surface area contributed by atoms with Crippen LogP contribution in [0, 0.1) is 0 Å². The van der Waals surface area contributed by atoms with Crippen molar-refractivity contribution < 1.29 is 0 Å². The number of H-pyrrole nitrogens is 1. The fourth-order valence-corrected chi connectivity index (χ4v) is 1.65. The van der Waals surface area contributed by atoms with Crippen molar-refractivity contribution in [3.05, 3.63) is 42.0 Å².